The minimum Gasteiger partial charge on any atom is -0.478 e. The molecule has 0 radical (unpaired) electrons. The Morgan fingerprint density at radius 3 is 2.62 bits per heavy atom. The van der Waals surface area contributed by atoms with E-state index in [1.54, 1.807) is 19.1 Å². The average Bonchev–Trinajstić information content (AvgIpc) is 2.44. The lowest BCUT2D eigenvalue weighted by molar-refractivity contribution is 0.0635. The lowest BCUT2D eigenvalue weighted by Crippen LogP contribution is -2.33. The molecule has 1 heterocycles. The second kappa shape index (κ2) is 6.10. The third kappa shape index (κ3) is 3.49. The maximum absolute atomic E-state index is 11.2. The van der Waals surface area contributed by atoms with Gasteiger partial charge in [0.15, 0.2) is 0 Å². The SMILES string of the molecule is CCCC(C)(O)CNc1ncc(C(=O)O)c2ccccc12. The molecule has 5 heteroatoms. The monoisotopic (exact) mass is 288 g/mol. The second-order valence-corrected chi connectivity index (χ2v) is 5.47. The van der Waals surface area contributed by atoms with Crippen molar-refractivity contribution in [3.05, 3.63) is 36.0 Å². The van der Waals surface area contributed by atoms with Crippen molar-refractivity contribution in [1.82, 2.24) is 4.98 Å². The van der Waals surface area contributed by atoms with Gasteiger partial charge in [0.2, 0.25) is 0 Å². The fourth-order valence-corrected chi connectivity index (χ4v) is 2.41. The van der Waals surface area contributed by atoms with Gasteiger partial charge in [-0.3, -0.25) is 0 Å². The molecule has 1 aromatic heterocycles. The van der Waals surface area contributed by atoms with E-state index in [1.807, 2.05) is 19.1 Å². The van der Waals surface area contributed by atoms with E-state index in [1.165, 1.54) is 6.20 Å². The number of fused-ring (bicyclic) bond motifs is 1. The summed E-state index contributed by atoms with van der Waals surface area (Å²) in [5.74, 6) is -0.407. The molecule has 0 saturated heterocycles. The molecular formula is C16H20N2O3. The van der Waals surface area contributed by atoms with Crippen molar-refractivity contribution in [3.63, 3.8) is 0 Å². The quantitative estimate of drug-likeness (QED) is 0.761. The summed E-state index contributed by atoms with van der Waals surface area (Å²) in [7, 11) is 0. The van der Waals surface area contributed by atoms with Crippen molar-refractivity contribution in [1.29, 1.82) is 0 Å². The Morgan fingerprint density at radius 1 is 1.33 bits per heavy atom. The van der Waals surface area contributed by atoms with Crippen LogP contribution in [-0.4, -0.2) is 33.3 Å². The van der Waals surface area contributed by atoms with Crippen molar-refractivity contribution in [2.24, 2.45) is 0 Å². The van der Waals surface area contributed by atoms with E-state index in [9.17, 15) is 15.0 Å². The Hall–Kier alpha value is -2.14. The summed E-state index contributed by atoms with van der Waals surface area (Å²) in [6.45, 7) is 4.16. The average molecular weight is 288 g/mol. The molecule has 0 spiro atoms. The van der Waals surface area contributed by atoms with Gasteiger partial charge in [-0.2, -0.15) is 0 Å². The van der Waals surface area contributed by atoms with Crippen LogP contribution in [0.2, 0.25) is 0 Å². The van der Waals surface area contributed by atoms with Crippen LogP contribution in [-0.2, 0) is 0 Å². The summed E-state index contributed by atoms with van der Waals surface area (Å²) in [6.07, 6.45) is 2.92. The van der Waals surface area contributed by atoms with Crippen LogP contribution in [0.15, 0.2) is 30.5 Å². The summed E-state index contributed by atoms with van der Waals surface area (Å²) < 4.78 is 0. The van der Waals surface area contributed by atoms with Gasteiger partial charge in [-0.25, -0.2) is 9.78 Å². The van der Waals surface area contributed by atoms with Crippen molar-refractivity contribution in [3.8, 4) is 0 Å². The van der Waals surface area contributed by atoms with Crippen LogP contribution >= 0.6 is 0 Å². The molecule has 0 aliphatic heterocycles. The Morgan fingerprint density at radius 2 is 2.00 bits per heavy atom. The molecule has 1 aromatic carbocycles. The topological polar surface area (TPSA) is 82.5 Å². The Balaban J connectivity index is 2.34. The molecule has 2 aromatic rings. The number of rotatable bonds is 6. The summed E-state index contributed by atoms with van der Waals surface area (Å²) in [5.41, 5.74) is -0.639. The highest BCUT2D eigenvalue weighted by molar-refractivity contribution is 6.06. The van der Waals surface area contributed by atoms with Gasteiger partial charge in [0.25, 0.3) is 0 Å². The highest BCUT2D eigenvalue weighted by Crippen LogP contribution is 2.25. The molecule has 112 valence electrons. The number of carboxylic acid groups (broad SMARTS) is 1. The first kappa shape index (κ1) is 15.3. The van der Waals surface area contributed by atoms with Crippen molar-refractivity contribution < 1.29 is 15.0 Å². The van der Waals surface area contributed by atoms with Gasteiger partial charge >= 0.3 is 5.97 Å². The predicted octanol–water partition coefficient (Wildman–Crippen LogP) is 2.90. The van der Waals surface area contributed by atoms with Gasteiger partial charge in [0, 0.05) is 23.5 Å². The summed E-state index contributed by atoms with van der Waals surface area (Å²) in [6, 6.07) is 7.22. The largest absolute Gasteiger partial charge is 0.478 e. The Kier molecular flexibility index (Phi) is 4.43. The van der Waals surface area contributed by atoms with Crippen LogP contribution in [0.25, 0.3) is 10.8 Å². The maximum Gasteiger partial charge on any atom is 0.337 e. The molecule has 0 bridgehead atoms. The molecule has 2 rings (SSSR count). The first-order valence-electron chi connectivity index (χ1n) is 7.02. The fourth-order valence-electron chi connectivity index (χ4n) is 2.41. The zero-order chi connectivity index (χ0) is 15.5. The van der Waals surface area contributed by atoms with E-state index in [-0.39, 0.29) is 5.56 Å². The predicted molar refractivity (Wildman–Crippen MR) is 82.7 cm³/mol. The molecule has 5 nitrogen and oxygen atoms in total. The van der Waals surface area contributed by atoms with Crippen molar-refractivity contribution in [2.45, 2.75) is 32.3 Å². The van der Waals surface area contributed by atoms with Crippen molar-refractivity contribution >= 4 is 22.6 Å². The van der Waals surface area contributed by atoms with Gasteiger partial charge < -0.3 is 15.5 Å². The second-order valence-electron chi connectivity index (χ2n) is 5.47. The van der Waals surface area contributed by atoms with Gasteiger partial charge in [0.05, 0.1) is 11.2 Å². The number of benzene rings is 1. The number of hydrogen-bond acceptors (Lipinski definition) is 4. The first-order chi connectivity index (χ1) is 9.94. The lowest BCUT2D eigenvalue weighted by Gasteiger charge is -2.23. The minimum absolute atomic E-state index is 0.177. The van der Waals surface area contributed by atoms with Crippen LogP contribution < -0.4 is 5.32 Å². The zero-order valence-corrected chi connectivity index (χ0v) is 12.3. The molecule has 0 fully saturated rings. The molecule has 0 saturated carbocycles. The fraction of sp³-hybridized carbons (Fsp3) is 0.375. The van der Waals surface area contributed by atoms with E-state index in [0.717, 1.165) is 11.8 Å². The van der Waals surface area contributed by atoms with Crippen molar-refractivity contribution in [2.75, 3.05) is 11.9 Å². The van der Waals surface area contributed by atoms with Crippen LogP contribution in [0.4, 0.5) is 5.82 Å². The number of pyridine rings is 1. The van der Waals surface area contributed by atoms with E-state index in [4.69, 9.17) is 0 Å². The smallest absolute Gasteiger partial charge is 0.337 e. The Labute approximate surface area is 123 Å². The summed E-state index contributed by atoms with van der Waals surface area (Å²) in [4.78, 5) is 15.4. The number of aromatic carboxylic acids is 1. The molecule has 3 N–H and O–H groups in total. The molecular weight excluding hydrogens is 268 g/mol. The lowest BCUT2D eigenvalue weighted by atomic mass is 10.0. The van der Waals surface area contributed by atoms with E-state index in [2.05, 4.69) is 10.3 Å². The van der Waals surface area contributed by atoms with Gasteiger partial charge in [-0.15, -0.1) is 0 Å². The number of carbonyl (C=O) groups is 1. The van der Waals surface area contributed by atoms with E-state index >= 15 is 0 Å². The highest BCUT2D eigenvalue weighted by atomic mass is 16.4. The number of aromatic nitrogens is 1. The third-order valence-electron chi connectivity index (χ3n) is 3.45. The molecule has 21 heavy (non-hydrogen) atoms. The molecule has 0 aliphatic carbocycles. The molecule has 0 amide bonds. The van der Waals surface area contributed by atoms with Gasteiger partial charge in [-0.05, 0) is 13.3 Å². The Bertz CT molecular complexity index is 653. The van der Waals surface area contributed by atoms with Crippen LogP contribution in [0.1, 0.15) is 37.0 Å². The van der Waals surface area contributed by atoms with Gasteiger partial charge in [0.1, 0.15) is 5.82 Å². The summed E-state index contributed by atoms with van der Waals surface area (Å²) >= 11 is 0. The summed E-state index contributed by atoms with van der Waals surface area (Å²) in [5, 5.41) is 23.9. The standard InChI is InChI=1S/C16H20N2O3/c1-3-8-16(2,21)10-18-14-12-7-5-4-6-11(12)13(9-17-14)15(19)20/h4-7,9,21H,3,8,10H2,1-2H3,(H,17,18)(H,19,20). The number of hydrogen-bond donors (Lipinski definition) is 3. The zero-order valence-electron chi connectivity index (χ0n) is 12.3. The maximum atomic E-state index is 11.2. The van der Waals surface area contributed by atoms with Gasteiger partial charge in [-0.1, -0.05) is 37.6 Å². The number of nitrogens with zero attached hydrogens (tertiary/aromatic N) is 1. The van der Waals surface area contributed by atoms with E-state index in [0.29, 0.717) is 24.2 Å². The number of aliphatic hydroxyl groups is 1. The highest BCUT2D eigenvalue weighted by Gasteiger charge is 2.20. The van der Waals surface area contributed by atoms with E-state index < -0.39 is 11.6 Å². The number of carboxylic acids is 1. The van der Waals surface area contributed by atoms with Crippen LogP contribution in [0.3, 0.4) is 0 Å². The molecule has 1 unspecified atom stereocenters. The number of anilines is 1. The minimum atomic E-state index is -0.997. The van der Waals surface area contributed by atoms with Crippen LogP contribution in [0, 0.1) is 0 Å². The third-order valence-corrected chi connectivity index (χ3v) is 3.45. The molecule has 0 aliphatic rings. The van der Waals surface area contributed by atoms with Crippen LogP contribution in [0.5, 0.6) is 0 Å². The number of nitrogens with one attached hydrogen (secondary N) is 1. The molecule has 1 atom stereocenters. The normalized spacial score (nSPS) is 13.9. The first-order valence-corrected chi connectivity index (χ1v) is 7.02.